The third kappa shape index (κ3) is 3.55. The summed E-state index contributed by atoms with van der Waals surface area (Å²) >= 11 is 5.85. The average Bonchev–Trinajstić information content (AvgIpc) is 2.25. The number of para-hydroxylation sites is 1. The molecule has 0 aliphatic rings. The third-order valence-electron chi connectivity index (χ3n) is 1.73. The zero-order valence-corrected chi connectivity index (χ0v) is 9.08. The molecule has 3 nitrogen and oxygen atoms in total. The molecule has 0 fully saturated rings. The highest BCUT2D eigenvalue weighted by atomic mass is 35.5. The summed E-state index contributed by atoms with van der Waals surface area (Å²) in [5, 5.41) is 8.81. The molecule has 0 amide bonds. The average molecular weight is 245 g/mol. The Balaban J connectivity index is 2.97. The van der Waals surface area contributed by atoms with Gasteiger partial charge in [0.2, 0.25) is 0 Å². The first-order valence-electron chi connectivity index (χ1n) is 4.53. The Labute approximate surface area is 97.1 Å². The van der Waals surface area contributed by atoms with Crippen LogP contribution in [0.4, 0.5) is 4.39 Å². The quantitative estimate of drug-likeness (QED) is 0.810. The number of carboxylic acid groups (broad SMARTS) is 1. The Hall–Kier alpha value is -1.55. The molecule has 16 heavy (non-hydrogen) atoms. The molecule has 0 heterocycles. The van der Waals surface area contributed by atoms with Gasteiger partial charge in [0.05, 0.1) is 5.02 Å². The fourth-order valence-electron chi connectivity index (χ4n) is 1.11. The first-order valence-corrected chi connectivity index (χ1v) is 4.91. The predicted octanol–water partition coefficient (Wildman–Crippen LogP) is 2.79. The largest absolute Gasteiger partial charge is 0.489 e. The SMILES string of the molecule is O=C(O)/C=C/c1cccc(Cl)c1OCCF. The van der Waals surface area contributed by atoms with Gasteiger partial charge in [0.15, 0.2) is 0 Å². The number of hydrogen-bond acceptors (Lipinski definition) is 2. The Bertz CT molecular complexity index is 404. The molecule has 5 heteroatoms. The molecule has 86 valence electrons. The molecule has 0 saturated heterocycles. The molecule has 0 aromatic heterocycles. The van der Waals surface area contributed by atoms with Crippen LogP contribution in [0.2, 0.25) is 5.02 Å². The molecule has 0 saturated carbocycles. The zero-order chi connectivity index (χ0) is 12.0. The van der Waals surface area contributed by atoms with Gasteiger partial charge in [-0.25, -0.2) is 9.18 Å². The molecular weight excluding hydrogens is 235 g/mol. The molecule has 0 aliphatic heterocycles. The summed E-state index contributed by atoms with van der Waals surface area (Å²) in [6.45, 7) is -0.745. The summed E-state index contributed by atoms with van der Waals surface area (Å²) in [6.07, 6.45) is 2.32. The molecule has 0 atom stereocenters. The van der Waals surface area contributed by atoms with Gasteiger partial charge in [0.25, 0.3) is 0 Å². The fraction of sp³-hybridized carbons (Fsp3) is 0.182. The van der Waals surface area contributed by atoms with Crippen LogP contribution in [0.5, 0.6) is 5.75 Å². The highest BCUT2D eigenvalue weighted by Gasteiger charge is 2.06. The summed E-state index contributed by atoms with van der Waals surface area (Å²) in [7, 11) is 0. The maximum atomic E-state index is 12.0. The summed E-state index contributed by atoms with van der Waals surface area (Å²) in [6, 6.07) is 4.89. The minimum absolute atomic E-state index is 0.113. The van der Waals surface area contributed by atoms with E-state index in [9.17, 15) is 9.18 Å². The number of carbonyl (C=O) groups is 1. The molecule has 0 spiro atoms. The number of ether oxygens (including phenoxy) is 1. The third-order valence-corrected chi connectivity index (χ3v) is 2.02. The van der Waals surface area contributed by atoms with Gasteiger partial charge in [-0.3, -0.25) is 0 Å². The lowest BCUT2D eigenvalue weighted by Crippen LogP contribution is -2.00. The van der Waals surface area contributed by atoms with Crippen molar-refractivity contribution in [3.63, 3.8) is 0 Å². The summed E-state index contributed by atoms with van der Waals surface area (Å²) < 4.78 is 17.1. The van der Waals surface area contributed by atoms with Gasteiger partial charge >= 0.3 is 5.97 Å². The van der Waals surface area contributed by atoms with Crippen LogP contribution in [-0.4, -0.2) is 24.4 Å². The minimum atomic E-state index is -1.07. The molecule has 0 unspecified atom stereocenters. The molecule has 1 rings (SSSR count). The molecule has 0 bridgehead atoms. The minimum Gasteiger partial charge on any atom is -0.489 e. The summed E-state index contributed by atoms with van der Waals surface area (Å²) in [5.74, 6) is -0.782. The van der Waals surface area contributed by atoms with Crippen LogP contribution in [0.25, 0.3) is 6.08 Å². The van der Waals surface area contributed by atoms with Crippen LogP contribution >= 0.6 is 11.6 Å². The van der Waals surface area contributed by atoms with E-state index in [1.54, 1.807) is 18.2 Å². The van der Waals surface area contributed by atoms with E-state index in [1.165, 1.54) is 6.08 Å². The number of carboxylic acids is 1. The van der Waals surface area contributed by atoms with Crippen molar-refractivity contribution in [2.45, 2.75) is 0 Å². The fourth-order valence-corrected chi connectivity index (χ4v) is 1.35. The van der Waals surface area contributed by atoms with E-state index in [1.807, 2.05) is 0 Å². The maximum absolute atomic E-state index is 12.0. The van der Waals surface area contributed by atoms with Gasteiger partial charge in [-0.1, -0.05) is 23.7 Å². The van der Waals surface area contributed by atoms with Crippen molar-refractivity contribution >= 4 is 23.6 Å². The van der Waals surface area contributed by atoms with Crippen LogP contribution in [0.3, 0.4) is 0 Å². The van der Waals surface area contributed by atoms with Gasteiger partial charge < -0.3 is 9.84 Å². The van der Waals surface area contributed by atoms with Crippen LogP contribution < -0.4 is 4.74 Å². The summed E-state index contributed by atoms with van der Waals surface area (Å²) in [4.78, 5) is 10.4. The standard InChI is InChI=1S/C11H10ClFO3/c12-9-3-1-2-8(4-5-10(14)15)11(9)16-7-6-13/h1-5H,6-7H2,(H,14,15)/b5-4+. The van der Waals surface area contributed by atoms with Crippen LogP contribution in [0.1, 0.15) is 5.56 Å². The van der Waals surface area contributed by atoms with Crippen molar-refractivity contribution in [1.29, 1.82) is 0 Å². The van der Waals surface area contributed by atoms with Crippen LogP contribution in [0.15, 0.2) is 24.3 Å². The van der Waals surface area contributed by atoms with Crippen molar-refractivity contribution < 1.29 is 19.0 Å². The maximum Gasteiger partial charge on any atom is 0.328 e. The second kappa shape index (κ2) is 6.12. The van der Waals surface area contributed by atoms with Crippen LogP contribution in [0, 0.1) is 0 Å². The monoisotopic (exact) mass is 244 g/mol. The van der Waals surface area contributed by atoms with E-state index in [0.29, 0.717) is 16.3 Å². The number of halogens is 2. The van der Waals surface area contributed by atoms with E-state index in [4.69, 9.17) is 21.4 Å². The van der Waals surface area contributed by atoms with E-state index in [2.05, 4.69) is 0 Å². The van der Waals surface area contributed by atoms with Crippen molar-refractivity contribution in [2.24, 2.45) is 0 Å². The van der Waals surface area contributed by atoms with Crippen molar-refractivity contribution in [1.82, 2.24) is 0 Å². The van der Waals surface area contributed by atoms with Gasteiger partial charge in [0, 0.05) is 11.6 Å². The van der Waals surface area contributed by atoms with E-state index in [0.717, 1.165) is 6.08 Å². The van der Waals surface area contributed by atoms with Crippen LogP contribution in [-0.2, 0) is 4.79 Å². The zero-order valence-electron chi connectivity index (χ0n) is 8.32. The highest BCUT2D eigenvalue weighted by Crippen LogP contribution is 2.29. The van der Waals surface area contributed by atoms with E-state index in [-0.39, 0.29) is 6.61 Å². The normalized spacial score (nSPS) is 10.6. The van der Waals surface area contributed by atoms with E-state index >= 15 is 0 Å². The lowest BCUT2D eigenvalue weighted by Gasteiger charge is -2.09. The molecule has 1 aromatic rings. The number of hydrogen-bond donors (Lipinski definition) is 1. The van der Waals surface area contributed by atoms with Crippen molar-refractivity contribution in [3.05, 3.63) is 34.9 Å². The van der Waals surface area contributed by atoms with E-state index < -0.39 is 12.6 Å². The predicted molar refractivity (Wildman–Crippen MR) is 59.6 cm³/mol. The smallest absolute Gasteiger partial charge is 0.328 e. The molecule has 1 aromatic carbocycles. The number of benzene rings is 1. The van der Waals surface area contributed by atoms with Crippen molar-refractivity contribution in [3.8, 4) is 5.75 Å². The van der Waals surface area contributed by atoms with Gasteiger partial charge in [0.1, 0.15) is 19.0 Å². The van der Waals surface area contributed by atoms with Gasteiger partial charge in [-0.2, -0.15) is 0 Å². The second-order valence-corrected chi connectivity index (χ2v) is 3.27. The Kier molecular flexibility index (Phi) is 4.79. The first-order chi connectivity index (χ1) is 7.65. The second-order valence-electron chi connectivity index (χ2n) is 2.87. The Morgan fingerprint density at radius 1 is 1.56 bits per heavy atom. The van der Waals surface area contributed by atoms with Gasteiger partial charge in [-0.15, -0.1) is 0 Å². The van der Waals surface area contributed by atoms with Gasteiger partial charge in [-0.05, 0) is 12.1 Å². The molecule has 0 radical (unpaired) electrons. The molecule has 1 N–H and O–H groups in total. The Morgan fingerprint density at radius 3 is 2.94 bits per heavy atom. The lowest BCUT2D eigenvalue weighted by molar-refractivity contribution is -0.131. The molecular formula is C11H10ClFO3. The first kappa shape index (κ1) is 12.5. The van der Waals surface area contributed by atoms with Crippen molar-refractivity contribution in [2.75, 3.05) is 13.3 Å². The Morgan fingerprint density at radius 2 is 2.31 bits per heavy atom. The number of rotatable bonds is 5. The number of alkyl halides is 1. The highest BCUT2D eigenvalue weighted by molar-refractivity contribution is 6.32. The molecule has 0 aliphatic carbocycles. The topological polar surface area (TPSA) is 46.5 Å². The lowest BCUT2D eigenvalue weighted by atomic mass is 10.2. The number of aliphatic carboxylic acids is 1. The summed E-state index contributed by atoms with van der Waals surface area (Å²) in [5.41, 5.74) is 0.503.